The number of rotatable bonds is 5. The van der Waals surface area contributed by atoms with Crippen LogP contribution >= 0.6 is 0 Å². The topological polar surface area (TPSA) is 87.5 Å². The van der Waals surface area contributed by atoms with Gasteiger partial charge in [0.15, 0.2) is 0 Å². The average Bonchev–Trinajstić information content (AvgIpc) is 3.17. The summed E-state index contributed by atoms with van der Waals surface area (Å²) in [5, 5.41) is 16.5. The highest BCUT2D eigenvalue weighted by atomic mass is 16.4. The number of nitrogens with one attached hydrogen (secondary N) is 1. The van der Waals surface area contributed by atoms with Crippen LogP contribution in [-0.4, -0.2) is 51.4 Å². The number of amides is 2. The fourth-order valence-electron chi connectivity index (χ4n) is 3.77. The number of nitrogens with zero attached hydrogens (tertiary/aromatic N) is 3. The predicted molar refractivity (Wildman–Crippen MR) is 79.2 cm³/mol. The van der Waals surface area contributed by atoms with Crippen LogP contribution < -0.4 is 5.32 Å². The largest absolute Gasteiger partial charge is 0.481 e. The molecule has 0 spiro atoms. The van der Waals surface area contributed by atoms with Crippen molar-refractivity contribution in [1.82, 2.24) is 20.0 Å². The molecule has 1 saturated heterocycles. The molecule has 0 aromatic carbocycles. The molecule has 1 aliphatic heterocycles. The van der Waals surface area contributed by atoms with E-state index in [9.17, 15) is 14.7 Å². The van der Waals surface area contributed by atoms with E-state index in [-0.39, 0.29) is 11.9 Å². The Morgan fingerprint density at radius 3 is 3.00 bits per heavy atom. The van der Waals surface area contributed by atoms with E-state index in [4.69, 9.17) is 0 Å². The SMILES string of the molecule is O=C(NCCCn1cccn1)N1C[C@@H]2CCC[C@@]2(C(=O)O)C1. The van der Waals surface area contributed by atoms with Crippen molar-refractivity contribution in [3.8, 4) is 0 Å². The lowest BCUT2D eigenvalue weighted by molar-refractivity contribution is -0.149. The Labute approximate surface area is 129 Å². The van der Waals surface area contributed by atoms with Gasteiger partial charge in [-0.1, -0.05) is 6.42 Å². The highest BCUT2D eigenvalue weighted by molar-refractivity contribution is 5.80. The lowest BCUT2D eigenvalue weighted by Gasteiger charge is -2.23. The number of urea groups is 1. The molecule has 120 valence electrons. The van der Waals surface area contributed by atoms with Crippen LogP contribution in [-0.2, 0) is 11.3 Å². The van der Waals surface area contributed by atoms with E-state index >= 15 is 0 Å². The van der Waals surface area contributed by atoms with Crippen molar-refractivity contribution in [2.24, 2.45) is 11.3 Å². The third-order valence-electron chi connectivity index (χ3n) is 4.98. The van der Waals surface area contributed by atoms with Gasteiger partial charge in [-0.3, -0.25) is 9.48 Å². The summed E-state index contributed by atoms with van der Waals surface area (Å²) in [4.78, 5) is 25.5. The van der Waals surface area contributed by atoms with E-state index in [0.29, 0.717) is 26.1 Å². The van der Waals surface area contributed by atoms with Gasteiger partial charge in [-0.2, -0.15) is 5.10 Å². The Morgan fingerprint density at radius 1 is 1.45 bits per heavy atom. The fraction of sp³-hybridized carbons (Fsp3) is 0.667. The first-order valence-corrected chi connectivity index (χ1v) is 7.85. The van der Waals surface area contributed by atoms with Crippen molar-refractivity contribution >= 4 is 12.0 Å². The number of likely N-dealkylation sites (tertiary alicyclic amines) is 1. The van der Waals surface area contributed by atoms with Gasteiger partial charge in [0.05, 0.1) is 5.41 Å². The van der Waals surface area contributed by atoms with Crippen LogP contribution in [0.3, 0.4) is 0 Å². The highest BCUT2D eigenvalue weighted by Crippen LogP contribution is 2.48. The molecule has 2 N–H and O–H groups in total. The number of hydrogen-bond acceptors (Lipinski definition) is 3. The number of aliphatic carboxylic acids is 1. The summed E-state index contributed by atoms with van der Waals surface area (Å²) >= 11 is 0. The molecule has 1 aromatic heterocycles. The van der Waals surface area contributed by atoms with Crippen molar-refractivity contribution in [2.45, 2.75) is 32.2 Å². The maximum atomic E-state index is 12.2. The Kier molecular flexibility index (Phi) is 4.04. The first kappa shape index (κ1) is 14.9. The van der Waals surface area contributed by atoms with Crippen LogP contribution in [0, 0.1) is 11.3 Å². The van der Waals surface area contributed by atoms with Crippen molar-refractivity contribution in [2.75, 3.05) is 19.6 Å². The average molecular weight is 306 g/mol. The van der Waals surface area contributed by atoms with E-state index in [1.807, 2.05) is 16.9 Å². The third-order valence-corrected chi connectivity index (χ3v) is 4.98. The summed E-state index contributed by atoms with van der Waals surface area (Å²) in [5.74, 6) is -0.635. The Hall–Kier alpha value is -2.05. The number of fused-ring (bicyclic) bond motifs is 1. The summed E-state index contributed by atoms with van der Waals surface area (Å²) in [6, 6.07) is 1.72. The lowest BCUT2D eigenvalue weighted by atomic mass is 9.81. The zero-order valence-electron chi connectivity index (χ0n) is 12.6. The summed E-state index contributed by atoms with van der Waals surface area (Å²) < 4.78 is 1.83. The Balaban J connectivity index is 1.46. The minimum absolute atomic E-state index is 0.111. The van der Waals surface area contributed by atoms with Crippen molar-refractivity contribution in [3.63, 3.8) is 0 Å². The Morgan fingerprint density at radius 2 is 2.32 bits per heavy atom. The van der Waals surface area contributed by atoms with Gasteiger partial charge >= 0.3 is 12.0 Å². The van der Waals surface area contributed by atoms with E-state index in [1.165, 1.54) is 0 Å². The monoisotopic (exact) mass is 306 g/mol. The van der Waals surface area contributed by atoms with Crippen LogP contribution in [0.25, 0.3) is 0 Å². The number of aromatic nitrogens is 2. The molecule has 2 amide bonds. The number of carbonyl (C=O) groups excluding carboxylic acids is 1. The second kappa shape index (κ2) is 5.98. The number of carboxylic acid groups (broad SMARTS) is 1. The first-order chi connectivity index (χ1) is 10.6. The first-order valence-electron chi connectivity index (χ1n) is 7.85. The molecule has 2 fully saturated rings. The molecule has 3 rings (SSSR count). The Bertz CT molecular complexity index is 545. The number of carboxylic acids is 1. The van der Waals surface area contributed by atoms with Crippen LogP contribution in [0.4, 0.5) is 4.79 Å². The van der Waals surface area contributed by atoms with Gasteiger partial charge in [0, 0.05) is 38.6 Å². The van der Waals surface area contributed by atoms with Crippen LogP contribution in [0.1, 0.15) is 25.7 Å². The molecule has 1 saturated carbocycles. The van der Waals surface area contributed by atoms with E-state index < -0.39 is 11.4 Å². The van der Waals surface area contributed by atoms with Gasteiger partial charge in [0.1, 0.15) is 0 Å². The van der Waals surface area contributed by atoms with Gasteiger partial charge in [0.25, 0.3) is 0 Å². The zero-order chi connectivity index (χ0) is 15.6. The minimum atomic E-state index is -0.746. The molecular formula is C15H22N4O3. The lowest BCUT2D eigenvalue weighted by Crippen LogP contribution is -2.42. The molecule has 2 atom stereocenters. The third kappa shape index (κ3) is 2.67. The molecule has 1 aromatic rings. The molecule has 1 aliphatic carbocycles. The molecule has 7 heteroatoms. The zero-order valence-corrected chi connectivity index (χ0v) is 12.6. The van der Waals surface area contributed by atoms with Crippen LogP contribution in [0.2, 0.25) is 0 Å². The summed E-state index contributed by atoms with van der Waals surface area (Å²) in [6.45, 7) is 2.24. The van der Waals surface area contributed by atoms with Gasteiger partial charge < -0.3 is 15.3 Å². The van der Waals surface area contributed by atoms with Crippen molar-refractivity contribution < 1.29 is 14.7 Å². The molecule has 0 unspecified atom stereocenters. The van der Waals surface area contributed by atoms with Crippen molar-refractivity contribution in [3.05, 3.63) is 18.5 Å². The number of carbonyl (C=O) groups is 2. The molecule has 0 bridgehead atoms. The smallest absolute Gasteiger partial charge is 0.317 e. The summed E-state index contributed by atoms with van der Waals surface area (Å²) in [5.41, 5.74) is -0.702. The van der Waals surface area contributed by atoms with E-state index in [2.05, 4.69) is 10.4 Å². The molecule has 7 nitrogen and oxygen atoms in total. The van der Waals surface area contributed by atoms with Gasteiger partial charge in [0.2, 0.25) is 0 Å². The maximum absolute atomic E-state index is 12.2. The quantitative estimate of drug-likeness (QED) is 0.799. The second-order valence-corrected chi connectivity index (χ2v) is 6.29. The van der Waals surface area contributed by atoms with Gasteiger partial charge in [-0.15, -0.1) is 0 Å². The normalized spacial score (nSPS) is 26.9. The molecule has 22 heavy (non-hydrogen) atoms. The predicted octanol–water partition coefficient (Wildman–Crippen LogP) is 1.17. The van der Waals surface area contributed by atoms with Gasteiger partial charge in [-0.05, 0) is 31.2 Å². The molecule has 0 radical (unpaired) electrons. The van der Waals surface area contributed by atoms with Crippen LogP contribution in [0.5, 0.6) is 0 Å². The molecule has 2 heterocycles. The number of aryl methyl sites for hydroxylation is 1. The second-order valence-electron chi connectivity index (χ2n) is 6.29. The van der Waals surface area contributed by atoms with Gasteiger partial charge in [-0.25, -0.2) is 4.79 Å². The summed E-state index contributed by atoms with van der Waals surface area (Å²) in [6.07, 6.45) is 6.98. The fourth-order valence-corrected chi connectivity index (χ4v) is 3.77. The molecular weight excluding hydrogens is 284 g/mol. The molecule has 2 aliphatic rings. The van der Waals surface area contributed by atoms with E-state index in [1.54, 1.807) is 11.1 Å². The highest BCUT2D eigenvalue weighted by Gasteiger charge is 2.55. The maximum Gasteiger partial charge on any atom is 0.317 e. The minimum Gasteiger partial charge on any atom is -0.481 e. The standard InChI is InChI=1S/C15H22N4O3/c20-13(21)15-5-1-4-12(15)10-18(11-15)14(22)16-6-2-8-19-9-3-7-17-19/h3,7,9,12H,1-2,4-6,8,10-11H2,(H,16,22)(H,20,21)/t12-,15+/m0/s1. The number of hydrogen-bond donors (Lipinski definition) is 2. The van der Waals surface area contributed by atoms with E-state index in [0.717, 1.165) is 25.8 Å². The van der Waals surface area contributed by atoms with Crippen LogP contribution in [0.15, 0.2) is 18.5 Å². The van der Waals surface area contributed by atoms with Crippen molar-refractivity contribution in [1.29, 1.82) is 0 Å². The summed E-state index contributed by atoms with van der Waals surface area (Å²) in [7, 11) is 0.